The first-order chi connectivity index (χ1) is 15.0. The van der Waals surface area contributed by atoms with Gasteiger partial charge in [0.15, 0.2) is 4.96 Å². The van der Waals surface area contributed by atoms with Gasteiger partial charge in [0.2, 0.25) is 0 Å². The van der Waals surface area contributed by atoms with Crippen molar-refractivity contribution in [1.82, 2.24) is 14.3 Å². The molecule has 2 heterocycles. The number of methoxy groups -OCH3 is 1. The lowest BCUT2D eigenvalue weighted by molar-refractivity contribution is 0.0697. The lowest BCUT2D eigenvalue weighted by Crippen LogP contribution is -2.35. The predicted octanol–water partition coefficient (Wildman–Crippen LogP) is 5.81. The van der Waals surface area contributed by atoms with Gasteiger partial charge in [-0.05, 0) is 30.3 Å². The molecule has 4 aromatic rings. The predicted molar refractivity (Wildman–Crippen MR) is 129 cm³/mol. The molecule has 0 bridgehead atoms. The Bertz CT molecular complexity index is 1190. The van der Waals surface area contributed by atoms with E-state index in [1.807, 2.05) is 59.6 Å². The Balaban J connectivity index is 1.52. The van der Waals surface area contributed by atoms with Gasteiger partial charge in [-0.15, -0.1) is 11.3 Å². The number of halogens is 2. The molecule has 0 unspecified atom stereocenters. The number of fused-ring (bicyclic) bond motifs is 1. The molecule has 0 fully saturated rings. The maximum atomic E-state index is 13.1. The summed E-state index contributed by atoms with van der Waals surface area (Å²) in [7, 11) is 1.65. The van der Waals surface area contributed by atoms with Crippen LogP contribution in [0.3, 0.4) is 0 Å². The van der Waals surface area contributed by atoms with E-state index < -0.39 is 0 Å². The second-order valence-corrected chi connectivity index (χ2v) is 9.25. The molecule has 1 amide bonds. The van der Waals surface area contributed by atoms with Crippen LogP contribution in [-0.4, -0.2) is 47.0 Å². The zero-order valence-corrected chi connectivity index (χ0v) is 20.1. The van der Waals surface area contributed by atoms with Gasteiger partial charge in [-0.3, -0.25) is 9.20 Å². The normalized spacial score (nSPS) is 11.2. The number of nitrogens with zero attached hydrogens (tertiary/aromatic N) is 3. The highest BCUT2D eigenvalue weighted by atomic mass is 79.9. The number of ether oxygens (including phenoxy) is 1. The van der Waals surface area contributed by atoms with Gasteiger partial charge in [-0.25, -0.2) is 4.98 Å². The minimum Gasteiger partial charge on any atom is -0.383 e. The molecule has 5 nitrogen and oxygen atoms in total. The third kappa shape index (κ3) is 5.18. The van der Waals surface area contributed by atoms with Crippen LogP contribution >= 0.6 is 38.9 Å². The third-order valence-corrected chi connectivity index (χ3v) is 6.62. The fourth-order valence-corrected chi connectivity index (χ4v) is 4.77. The standard InChI is InChI=1S/C23H21BrClN3O2S/c1-30-12-11-27(22(29)17-3-2-4-18(24)13-17)10-9-20-15-31-23-26-21(14-28(20)23)16-5-7-19(25)8-6-16/h2-8,13-15H,9-12H2,1H3. The fraction of sp³-hybridized carbons (Fsp3) is 0.217. The number of imidazole rings is 1. The zero-order valence-electron chi connectivity index (χ0n) is 16.9. The van der Waals surface area contributed by atoms with Crippen molar-refractivity contribution in [3.8, 4) is 11.3 Å². The fourth-order valence-electron chi connectivity index (χ4n) is 3.34. The number of benzene rings is 2. The summed E-state index contributed by atoms with van der Waals surface area (Å²) >= 11 is 11.0. The van der Waals surface area contributed by atoms with E-state index >= 15 is 0 Å². The lowest BCUT2D eigenvalue weighted by Gasteiger charge is -2.22. The van der Waals surface area contributed by atoms with Crippen LogP contribution in [0.2, 0.25) is 5.02 Å². The smallest absolute Gasteiger partial charge is 0.253 e. The monoisotopic (exact) mass is 517 g/mol. The van der Waals surface area contributed by atoms with Gasteiger partial charge >= 0.3 is 0 Å². The van der Waals surface area contributed by atoms with Gasteiger partial charge in [0.1, 0.15) is 0 Å². The molecule has 160 valence electrons. The second kappa shape index (κ2) is 9.96. The Morgan fingerprint density at radius 2 is 2.03 bits per heavy atom. The third-order valence-electron chi connectivity index (χ3n) is 4.99. The number of amides is 1. The molecule has 0 saturated heterocycles. The number of hydrogen-bond donors (Lipinski definition) is 0. The molecule has 0 radical (unpaired) electrons. The maximum absolute atomic E-state index is 13.1. The van der Waals surface area contributed by atoms with Gasteiger partial charge in [-0.1, -0.05) is 45.7 Å². The second-order valence-electron chi connectivity index (χ2n) is 7.06. The van der Waals surface area contributed by atoms with Crippen molar-refractivity contribution in [1.29, 1.82) is 0 Å². The average molecular weight is 519 g/mol. The SMILES string of the molecule is COCCN(CCc1csc2nc(-c3ccc(Cl)cc3)cn12)C(=O)c1cccc(Br)c1. The quantitative estimate of drug-likeness (QED) is 0.296. The van der Waals surface area contributed by atoms with Gasteiger partial charge in [0.05, 0.1) is 12.3 Å². The number of hydrogen-bond acceptors (Lipinski definition) is 4. The Morgan fingerprint density at radius 1 is 1.23 bits per heavy atom. The Morgan fingerprint density at radius 3 is 2.77 bits per heavy atom. The summed E-state index contributed by atoms with van der Waals surface area (Å²) in [6, 6.07) is 15.1. The first kappa shape index (κ1) is 22.0. The largest absolute Gasteiger partial charge is 0.383 e. The molecule has 0 N–H and O–H groups in total. The zero-order chi connectivity index (χ0) is 21.8. The van der Waals surface area contributed by atoms with Crippen molar-refractivity contribution < 1.29 is 9.53 Å². The minimum atomic E-state index is -0.00249. The summed E-state index contributed by atoms with van der Waals surface area (Å²) in [4.78, 5) is 20.6. The molecule has 2 aromatic carbocycles. The van der Waals surface area contributed by atoms with Crippen LogP contribution in [0.1, 0.15) is 16.1 Å². The van der Waals surface area contributed by atoms with E-state index in [0.29, 0.717) is 30.3 Å². The molecule has 0 atom stereocenters. The number of aromatic nitrogens is 2. The van der Waals surface area contributed by atoms with Crippen LogP contribution in [-0.2, 0) is 11.2 Å². The van der Waals surface area contributed by atoms with Crippen molar-refractivity contribution in [3.05, 3.63) is 80.9 Å². The van der Waals surface area contributed by atoms with Crippen molar-refractivity contribution in [2.24, 2.45) is 0 Å². The van der Waals surface area contributed by atoms with Crippen LogP contribution in [0.4, 0.5) is 0 Å². The number of carbonyl (C=O) groups is 1. The maximum Gasteiger partial charge on any atom is 0.253 e. The summed E-state index contributed by atoms with van der Waals surface area (Å²) < 4.78 is 8.22. The molecule has 31 heavy (non-hydrogen) atoms. The highest BCUT2D eigenvalue weighted by Crippen LogP contribution is 2.25. The minimum absolute atomic E-state index is 0.00249. The van der Waals surface area contributed by atoms with E-state index in [1.54, 1.807) is 18.4 Å². The topological polar surface area (TPSA) is 46.8 Å². The number of carbonyl (C=O) groups excluding carboxylic acids is 1. The van der Waals surface area contributed by atoms with Crippen molar-refractivity contribution in [2.75, 3.05) is 26.8 Å². The van der Waals surface area contributed by atoms with E-state index in [4.69, 9.17) is 21.3 Å². The van der Waals surface area contributed by atoms with Gasteiger partial charge in [0.25, 0.3) is 5.91 Å². The molecule has 2 aromatic heterocycles. The Labute approximate surface area is 198 Å². The molecule has 0 aliphatic carbocycles. The van der Waals surface area contributed by atoms with Crippen LogP contribution in [0.15, 0.2) is 64.6 Å². The van der Waals surface area contributed by atoms with E-state index in [2.05, 4.69) is 25.7 Å². The average Bonchev–Trinajstić information content (AvgIpc) is 3.35. The van der Waals surface area contributed by atoms with Crippen LogP contribution in [0.5, 0.6) is 0 Å². The number of thiazole rings is 1. The summed E-state index contributed by atoms with van der Waals surface area (Å²) in [6.07, 6.45) is 2.76. The van der Waals surface area contributed by atoms with Crippen molar-refractivity contribution in [3.63, 3.8) is 0 Å². The highest BCUT2D eigenvalue weighted by molar-refractivity contribution is 9.10. The molecule has 4 rings (SSSR count). The van der Waals surface area contributed by atoms with Gasteiger partial charge in [0, 0.05) is 64.5 Å². The van der Waals surface area contributed by atoms with Gasteiger partial charge in [-0.2, -0.15) is 0 Å². The summed E-state index contributed by atoms with van der Waals surface area (Å²) in [5.41, 5.74) is 3.72. The molecule has 8 heteroatoms. The molecular weight excluding hydrogens is 498 g/mol. The van der Waals surface area contributed by atoms with Crippen LogP contribution < -0.4 is 0 Å². The molecular formula is C23H21BrClN3O2S. The van der Waals surface area contributed by atoms with Crippen molar-refractivity contribution in [2.45, 2.75) is 6.42 Å². The highest BCUT2D eigenvalue weighted by Gasteiger charge is 2.17. The summed E-state index contributed by atoms with van der Waals surface area (Å²) in [6.45, 7) is 1.62. The summed E-state index contributed by atoms with van der Waals surface area (Å²) in [5, 5.41) is 2.81. The Hall–Kier alpha value is -2.19. The van der Waals surface area contributed by atoms with E-state index in [1.165, 1.54) is 0 Å². The van der Waals surface area contributed by atoms with Gasteiger partial charge < -0.3 is 9.64 Å². The molecule has 0 saturated carbocycles. The lowest BCUT2D eigenvalue weighted by atomic mass is 10.2. The van der Waals surface area contributed by atoms with E-state index in [0.717, 1.165) is 32.8 Å². The number of rotatable bonds is 8. The Kier molecular flexibility index (Phi) is 7.07. The molecule has 0 spiro atoms. The molecule has 0 aliphatic rings. The van der Waals surface area contributed by atoms with E-state index in [9.17, 15) is 4.79 Å². The first-order valence-electron chi connectivity index (χ1n) is 9.80. The molecule has 0 aliphatic heterocycles. The van der Waals surface area contributed by atoms with E-state index in [-0.39, 0.29) is 5.91 Å². The van der Waals surface area contributed by atoms with Crippen molar-refractivity contribution >= 4 is 49.7 Å². The van der Waals surface area contributed by atoms with Crippen LogP contribution in [0, 0.1) is 0 Å². The van der Waals surface area contributed by atoms with Crippen LogP contribution in [0.25, 0.3) is 16.2 Å². The first-order valence-corrected chi connectivity index (χ1v) is 11.9. The summed E-state index contributed by atoms with van der Waals surface area (Å²) in [5.74, 6) is -0.00249.